The summed E-state index contributed by atoms with van der Waals surface area (Å²) in [6, 6.07) is 50.5. The van der Waals surface area contributed by atoms with Crippen molar-refractivity contribution in [2.75, 3.05) is 0 Å². The molecular weight excluding hydrogens is 551 g/mol. The fourth-order valence-corrected chi connectivity index (χ4v) is 9.69. The zero-order chi connectivity index (χ0) is 28.1. The van der Waals surface area contributed by atoms with Gasteiger partial charge < -0.3 is 9.47 Å². The first-order chi connectivity index (χ1) is 20.7. The maximum atomic E-state index is 6.62. The zero-order valence-corrected chi connectivity index (χ0v) is 24.3. The van der Waals surface area contributed by atoms with E-state index in [-0.39, 0.29) is 0 Å². The first-order valence-corrected chi connectivity index (χ1v) is 16.8. The average molecular weight is 577 g/mol. The van der Waals surface area contributed by atoms with E-state index in [2.05, 4.69) is 115 Å². The Kier molecular flexibility index (Phi) is 5.96. The van der Waals surface area contributed by atoms with Gasteiger partial charge in [-0.05, 0) is 49.9 Å². The fraction of sp³-hybridized carbons (Fsp3) is 0. The second-order valence-corrected chi connectivity index (χ2v) is 14.9. The van der Waals surface area contributed by atoms with Gasteiger partial charge in [0.2, 0.25) is 0 Å². The van der Waals surface area contributed by atoms with Gasteiger partial charge >= 0.3 is 0 Å². The molecule has 0 saturated carbocycles. The predicted octanol–water partition coefficient (Wildman–Crippen LogP) is 9.31. The number of ether oxygens (including phenoxy) is 2. The van der Waals surface area contributed by atoms with Crippen molar-refractivity contribution in [2.45, 2.75) is 0 Å². The third kappa shape index (κ3) is 3.97. The summed E-state index contributed by atoms with van der Waals surface area (Å²) in [5.74, 6) is 2.95. The Bertz CT molecular complexity index is 2110. The highest BCUT2D eigenvalue weighted by atomic mass is 32.4. The van der Waals surface area contributed by atoms with Crippen molar-refractivity contribution in [1.82, 2.24) is 0 Å². The molecule has 7 aromatic carbocycles. The van der Waals surface area contributed by atoms with E-state index in [0.717, 1.165) is 55.7 Å². The van der Waals surface area contributed by atoms with Gasteiger partial charge in [-0.1, -0.05) is 151 Å². The molecule has 0 bridgehead atoms. The second kappa shape index (κ2) is 9.99. The normalized spacial score (nSPS) is 12.3. The topological polar surface area (TPSA) is 18.5 Å². The van der Waals surface area contributed by atoms with Gasteiger partial charge in [-0.25, -0.2) is 0 Å². The highest BCUT2D eigenvalue weighted by Crippen LogP contribution is 2.53. The molecule has 0 amide bonds. The van der Waals surface area contributed by atoms with Crippen molar-refractivity contribution in [1.29, 1.82) is 0 Å². The summed E-state index contributed by atoms with van der Waals surface area (Å²) in [5.41, 5.74) is 2.20. The van der Waals surface area contributed by atoms with Crippen LogP contribution in [0.25, 0.3) is 32.7 Å². The monoisotopic (exact) mass is 576 g/mol. The van der Waals surface area contributed by atoms with E-state index in [4.69, 9.17) is 21.3 Å². The van der Waals surface area contributed by atoms with Gasteiger partial charge in [0.15, 0.2) is 23.0 Å². The first kappa shape index (κ1) is 25.1. The fourth-order valence-electron chi connectivity index (χ4n) is 5.95. The summed E-state index contributed by atoms with van der Waals surface area (Å²) in [5, 5.41) is 7.83. The number of hydrogen-bond donors (Lipinski definition) is 0. The number of fused-ring (bicyclic) bond motifs is 6. The molecule has 0 atom stereocenters. The molecule has 200 valence electrons. The molecule has 0 N–H and O–H groups in total. The molecule has 2 nitrogen and oxygen atoms in total. The molecule has 1 aliphatic heterocycles. The maximum absolute atomic E-state index is 6.62. The van der Waals surface area contributed by atoms with Crippen LogP contribution in [0.3, 0.4) is 0 Å². The van der Waals surface area contributed by atoms with Crippen LogP contribution in [0.1, 0.15) is 0 Å². The summed E-state index contributed by atoms with van der Waals surface area (Å²) >= 11 is 6.57. The molecule has 0 fully saturated rings. The van der Waals surface area contributed by atoms with Crippen LogP contribution < -0.4 is 25.4 Å². The minimum Gasteiger partial charge on any atom is -0.449 e. The SMILES string of the molecule is S=P(c1ccccc1)(c1ccccc1)c1ccc(-c2cc3c(c4ccccc24)Oc2ccc4ccccc4c2O3)cc1. The molecule has 0 spiro atoms. The van der Waals surface area contributed by atoms with E-state index in [0.29, 0.717) is 0 Å². The van der Waals surface area contributed by atoms with Gasteiger partial charge in [0.25, 0.3) is 0 Å². The van der Waals surface area contributed by atoms with E-state index >= 15 is 0 Å². The van der Waals surface area contributed by atoms with Crippen LogP contribution >= 0.6 is 6.04 Å². The average Bonchev–Trinajstić information content (AvgIpc) is 3.07. The molecule has 0 radical (unpaired) electrons. The summed E-state index contributed by atoms with van der Waals surface area (Å²) in [4.78, 5) is 0. The standard InChI is InChI=1S/C38H25O2PS/c42-41(28-12-3-1-4-13-28,29-14-5-2-6-15-29)30-22-19-27(20-23-30)34-25-36-38(33-18-10-9-17-32(33)34)39-35-24-21-26-11-7-8-16-31(26)37(35)40-36/h1-25H. The smallest absolute Gasteiger partial charge is 0.177 e. The molecule has 1 aliphatic rings. The Morgan fingerprint density at radius 1 is 0.429 bits per heavy atom. The lowest BCUT2D eigenvalue weighted by Crippen LogP contribution is -2.24. The summed E-state index contributed by atoms with van der Waals surface area (Å²) in [7, 11) is 0. The highest BCUT2D eigenvalue weighted by molar-refractivity contribution is 8.25. The van der Waals surface area contributed by atoms with Crippen molar-refractivity contribution in [3.05, 3.63) is 152 Å². The van der Waals surface area contributed by atoms with Crippen molar-refractivity contribution in [3.63, 3.8) is 0 Å². The molecular formula is C38H25O2PS. The van der Waals surface area contributed by atoms with E-state index in [1.165, 1.54) is 15.9 Å². The van der Waals surface area contributed by atoms with Crippen LogP contribution in [0.2, 0.25) is 0 Å². The molecule has 1 heterocycles. The molecule has 8 rings (SSSR count). The number of rotatable bonds is 4. The Morgan fingerprint density at radius 3 is 1.64 bits per heavy atom. The van der Waals surface area contributed by atoms with Gasteiger partial charge in [0.1, 0.15) is 0 Å². The minimum atomic E-state index is -2.23. The van der Waals surface area contributed by atoms with Gasteiger partial charge in [-0.3, -0.25) is 0 Å². The van der Waals surface area contributed by atoms with E-state index in [1.807, 2.05) is 36.4 Å². The maximum Gasteiger partial charge on any atom is 0.177 e. The van der Waals surface area contributed by atoms with E-state index in [1.54, 1.807) is 0 Å². The zero-order valence-electron chi connectivity index (χ0n) is 22.6. The predicted molar refractivity (Wildman–Crippen MR) is 180 cm³/mol. The Hall–Kier alpha value is -4.69. The van der Waals surface area contributed by atoms with Crippen molar-refractivity contribution in [2.24, 2.45) is 0 Å². The lowest BCUT2D eigenvalue weighted by molar-refractivity contribution is 0.367. The van der Waals surface area contributed by atoms with Gasteiger partial charge in [-0.15, -0.1) is 0 Å². The molecule has 0 unspecified atom stereocenters. The lowest BCUT2D eigenvalue weighted by Gasteiger charge is -2.25. The van der Waals surface area contributed by atoms with Gasteiger partial charge in [0.05, 0.1) is 0 Å². The molecule has 0 aliphatic carbocycles. The molecule has 42 heavy (non-hydrogen) atoms. The van der Waals surface area contributed by atoms with Crippen molar-refractivity contribution >= 4 is 55.3 Å². The second-order valence-electron chi connectivity index (χ2n) is 10.4. The number of benzene rings is 7. The largest absolute Gasteiger partial charge is 0.449 e. The van der Waals surface area contributed by atoms with Crippen LogP contribution in [-0.2, 0) is 11.8 Å². The molecule has 4 heteroatoms. The van der Waals surface area contributed by atoms with Gasteiger partial charge in [-0.2, -0.15) is 0 Å². The third-order valence-electron chi connectivity index (χ3n) is 8.01. The lowest BCUT2D eigenvalue weighted by atomic mass is 9.96. The minimum absolute atomic E-state index is 0.718. The number of hydrogen-bond acceptors (Lipinski definition) is 3. The first-order valence-electron chi connectivity index (χ1n) is 14.0. The Morgan fingerprint density at radius 2 is 0.952 bits per heavy atom. The van der Waals surface area contributed by atoms with Crippen LogP contribution in [0, 0.1) is 0 Å². The molecule has 7 aromatic rings. The van der Waals surface area contributed by atoms with Crippen molar-refractivity contribution in [3.8, 4) is 34.1 Å². The summed E-state index contributed by atoms with van der Waals surface area (Å²) < 4.78 is 13.1. The molecule has 0 aromatic heterocycles. The molecule has 0 saturated heterocycles. The van der Waals surface area contributed by atoms with E-state index < -0.39 is 6.04 Å². The summed E-state index contributed by atoms with van der Waals surface area (Å²) in [6.07, 6.45) is 0. The Balaban J connectivity index is 1.27. The summed E-state index contributed by atoms with van der Waals surface area (Å²) in [6.45, 7) is 0. The van der Waals surface area contributed by atoms with Gasteiger partial charge in [0, 0.05) is 16.8 Å². The van der Waals surface area contributed by atoms with E-state index in [9.17, 15) is 0 Å². The van der Waals surface area contributed by atoms with Crippen LogP contribution in [-0.4, -0.2) is 0 Å². The van der Waals surface area contributed by atoms with Crippen molar-refractivity contribution < 1.29 is 9.47 Å². The van der Waals surface area contributed by atoms with Crippen LogP contribution in [0.5, 0.6) is 23.0 Å². The quantitative estimate of drug-likeness (QED) is 0.195. The Labute approximate surface area is 249 Å². The van der Waals surface area contributed by atoms with Crippen LogP contribution in [0.4, 0.5) is 0 Å². The van der Waals surface area contributed by atoms with Crippen LogP contribution in [0.15, 0.2) is 152 Å². The third-order valence-corrected chi connectivity index (χ3v) is 13.0. The highest BCUT2D eigenvalue weighted by Gasteiger charge is 2.27.